The molecule has 5 heteroatoms. The van der Waals surface area contributed by atoms with Crippen molar-refractivity contribution in [2.24, 2.45) is 0 Å². The van der Waals surface area contributed by atoms with Gasteiger partial charge in [0.25, 0.3) is 5.91 Å². The molecule has 1 aliphatic rings. The molecule has 0 bridgehead atoms. The van der Waals surface area contributed by atoms with E-state index in [0.717, 1.165) is 13.1 Å². The number of amides is 1. The van der Waals surface area contributed by atoms with Gasteiger partial charge in [-0.2, -0.15) is 0 Å². The number of aromatic carboxylic acids is 1. The van der Waals surface area contributed by atoms with Crippen molar-refractivity contribution in [3.8, 4) is 0 Å². The number of carbonyl (C=O) groups is 2. The normalized spacial score (nSPS) is 14.6. The summed E-state index contributed by atoms with van der Waals surface area (Å²) in [7, 11) is 0. The third kappa shape index (κ3) is 4.11. The number of carboxylic acid groups (broad SMARTS) is 1. The number of piperazine rings is 1. The lowest BCUT2D eigenvalue weighted by molar-refractivity contribution is -0.929. The van der Waals surface area contributed by atoms with Gasteiger partial charge in [-0.05, 0) is 6.07 Å². The third-order valence-corrected chi connectivity index (χ3v) is 5.74. The number of carboxylic acids is 1. The lowest BCUT2D eigenvalue weighted by Crippen LogP contribution is -3.15. The molecule has 30 heavy (non-hydrogen) atoms. The number of carbonyl (C=O) groups excluding carboxylic acids is 2. The zero-order valence-corrected chi connectivity index (χ0v) is 16.7. The fraction of sp³-hybridized carbons (Fsp3) is 0.200. The van der Waals surface area contributed by atoms with Gasteiger partial charge in [-0.25, -0.2) is 0 Å². The van der Waals surface area contributed by atoms with Crippen molar-refractivity contribution in [2.75, 3.05) is 26.2 Å². The SMILES string of the molecule is O=C([O-])c1ccccc1C(=O)N1CC[NH+](C(c2ccccc2)c2ccccc2)CC1. The van der Waals surface area contributed by atoms with Gasteiger partial charge in [0.1, 0.15) is 6.04 Å². The maximum Gasteiger partial charge on any atom is 0.254 e. The van der Waals surface area contributed by atoms with E-state index in [2.05, 4.69) is 48.5 Å². The minimum Gasteiger partial charge on any atom is -0.545 e. The van der Waals surface area contributed by atoms with Crippen molar-refractivity contribution in [3.63, 3.8) is 0 Å². The van der Waals surface area contributed by atoms with Crippen LogP contribution in [-0.2, 0) is 0 Å². The van der Waals surface area contributed by atoms with Crippen LogP contribution in [0.25, 0.3) is 0 Å². The summed E-state index contributed by atoms with van der Waals surface area (Å²) < 4.78 is 0. The van der Waals surface area contributed by atoms with Crippen LogP contribution in [0.3, 0.4) is 0 Å². The van der Waals surface area contributed by atoms with Gasteiger partial charge >= 0.3 is 0 Å². The number of hydrogen-bond acceptors (Lipinski definition) is 3. The molecule has 5 nitrogen and oxygen atoms in total. The van der Waals surface area contributed by atoms with E-state index in [1.807, 2.05) is 12.1 Å². The standard InChI is InChI=1S/C25H24N2O3/c28-24(21-13-7-8-14-22(21)25(29)30)27-17-15-26(16-18-27)23(19-9-3-1-4-10-19)20-11-5-2-6-12-20/h1-14,23H,15-18H2,(H,29,30). The second kappa shape index (κ2) is 8.93. The second-order valence-corrected chi connectivity index (χ2v) is 7.54. The monoisotopic (exact) mass is 400 g/mol. The highest BCUT2D eigenvalue weighted by molar-refractivity contribution is 6.04. The number of quaternary nitrogens is 1. The van der Waals surface area contributed by atoms with E-state index >= 15 is 0 Å². The third-order valence-electron chi connectivity index (χ3n) is 5.74. The molecule has 0 unspecified atom stereocenters. The Morgan fingerprint density at radius 1 is 0.733 bits per heavy atom. The fourth-order valence-corrected chi connectivity index (χ4v) is 4.26. The van der Waals surface area contributed by atoms with E-state index in [9.17, 15) is 14.7 Å². The van der Waals surface area contributed by atoms with E-state index in [4.69, 9.17) is 0 Å². The summed E-state index contributed by atoms with van der Waals surface area (Å²) in [6, 6.07) is 27.3. The molecule has 1 saturated heterocycles. The van der Waals surface area contributed by atoms with E-state index in [0.29, 0.717) is 13.1 Å². The van der Waals surface area contributed by atoms with Crippen LogP contribution in [0.5, 0.6) is 0 Å². The summed E-state index contributed by atoms with van der Waals surface area (Å²) in [5.41, 5.74) is 2.65. The average Bonchev–Trinajstić information content (AvgIpc) is 2.81. The van der Waals surface area contributed by atoms with E-state index < -0.39 is 5.97 Å². The van der Waals surface area contributed by atoms with Gasteiger partial charge < -0.3 is 19.7 Å². The molecule has 3 aromatic carbocycles. The number of benzene rings is 3. The molecule has 0 radical (unpaired) electrons. The Hall–Kier alpha value is -3.44. The molecular formula is C25H24N2O3. The maximum absolute atomic E-state index is 13.0. The second-order valence-electron chi connectivity index (χ2n) is 7.54. The van der Waals surface area contributed by atoms with Gasteiger partial charge in [0.05, 0.1) is 32.1 Å². The zero-order chi connectivity index (χ0) is 20.9. The summed E-state index contributed by atoms with van der Waals surface area (Å²) >= 11 is 0. The molecule has 1 heterocycles. The first-order chi connectivity index (χ1) is 14.6. The van der Waals surface area contributed by atoms with Crippen LogP contribution in [0.2, 0.25) is 0 Å². The lowest BCUT2D eigenvalue weighted by atomic mass is 9.96. The summed E-state index contributed by atoms with van der Waals surface area (Å²) in [6.45, 7) is 2.72. The van der Waals surface area contributed by atoms with Crippen molar-refractivity contribution >= 4 is 11.9 Å². The first-order valence-electron chi connectivity index (χ1n) is 10.2. The van der Waals surface area contributed by atoms with Crippen molar-refractivity contribution in [3.05, 3.63) is 107 Å². The molecule has 0 atom stereocenters. The Morgan fingerprint density at radius 2 is 1.20 bits per heavy atom. The minimum absolute atomic E-state index is 0.0521. The predicted octanol–water partition coefficient (Wildman–Crippen LogP) is 1.18. The molecule has 1 aliphatic heterocycles. The van der Waals surface area contributed by atoms with E-state index in [1.165, 1.54) is 22.1 Å². The highest BCUT2D eigenvalue weighted by Gasteiger charge is 2.32. The largest absolute Gasteiger partial charge is 0.545 e. The van der Waals surface area contributed by atoms with Crippen molar-refractivity contribution in [1.82, 2.24) is 4.90 Å². The molecule has 0 saturated carbocycles. The number of hydrogen-bond donors (Lipinski definition) is 1. The molecule has 152 valence electrons. The molecule has 0 aliphatic carbocycles. The zero-order valence-electron chi connectivity index (χ0n) is 16.7. The average molecular weight is 400 g/mol. The predicted molar refractivity (Wildman–Crippen MR) is 112 cm³/mol. The van der Waals surface area contributed by atoms with Gasteiger partial charge in [0, 0.05) is 22.3 Å². The van der Waals surface area contributed by atoms with E-state index in [-0.39, 0.29) is 23.1 Å². The number of nitrogens with zero attached hydrogens (tertiary/aromatic N) is 1. The summed E-state index contributed by atoms with van der Waals surface area (Å²) in [5.74, 6) is -1.57. The molecule has 0 spiro atoms. The van der Waals surface area contributed by atoms with E-state index in [1.54, 1.807) is 23.1 Å². The smallest absolute Gasteiger partial charge is 0.254 e. The summed E-state index contributed by atoms with van der Waals surface area (Å²) in [5, 5.41) is 11.4. The molecule has 1 N–H and O–H groups in total. The van der Waals surface area contributed by atoms with Gasteiger partial charge in [0.2, 0.25) is 0 Å². The van der Waals surface area contributed by atoms with Crippen LogP contribution in [-0.4, -0.2) is 43.0 Å². The first kappa shape index (κ1) is 19.9. The maximum atomic E-state index is 13.0. The molecular weight excluding hydrogens is 376 g/mol. The Labute approximate surface area is 176 Å². The van der Waals surface area contributed by atoms with Crippen molar-refractivity contribution in [1.29, 1.82) is 0 Å². The highest BCUT2D eigenvalue weighted by atomic mass is 16.4. The highest BCUT2D eigenvalue weighted by Crippen LogP contribution is 2.19. The Kier molecular flexibility index (Phi) is 5.91. The van der Waals surface area contributed by atoms with Crippen LogP contribution in [0.15, 0.2) is 84.9 Å². The Balaban J connectivity index is 1.53. The number of rotatable bonds is 5. The minimum atomic E-state index is -1.32. The van der Waals surface area contributed by atoms with Crippen LogP contribution in [0, 0.1) is 0 Å². The molecule has 1 amide bonds. The van der Waals surface area contributed by atoms with Gasteiger partial charge in [-0.1, -0.05) is 78.9 Å². The topological polar surface area (TPSA) is 64.9 Å². The molecule has 4 rings (SSSR count). The van der Waals surface area contributed by atoms with Crippen molar-refractivity contribution < 1.29 is 19.6 Å². The number of nitrogens with one attached hydrogen (secondary N) is 1. The first-order valence-corrected chi connectivity index (χ1v) is 10.2. The molecule has 3 aromatic rings. The summed E-state index contributed by atoms with van der Waals surface area (Å²) in [6.07, 6.45) is 0. The van der Waals surface area contributed by atoms with Crippen LogP contribution in [0.1, 0.15) is 37.9 Å². The van der Waals surface area contributed by atoms with Crippen LogP contribution < -0.4 is 10.0 Å². The lowest BCUT2D eigenvalue weighted by Gasteiger charge is -2.37. The molecule has 1 fully saturated rings. The summed E-state index contributed by atoms with van der Waals surface area (Å²) in [4.78, 5) is 27.5. The van der Waals surface area contributed by atoms with Crippen LogP contribution >= 0.6 is 0 Å². The molecule has 0 aromatic heterocycles. The van der Waals surface area contributed by atoms with Gasteiger partial charge in [0.15, 0.2) is 0 Å². The van der Waals surface area contributed by atoms with Crippen LogP contribution in [0.4, 0.5) is 0 Å². The van der Waals surface area contributed by atoms with Crippen molar-refractivity contribution in [2.45, 2.75) is 6.04 Å². The van der Waals surface area contributed by atoms with Gasteiger partial charge in [-0.3, -0.25) is 4.79 Å². The Bertz CT molecular complexity index is 973. The Morgan fingerprint density at radius 3 is 1.70 bits per heavy atom. The fourth-order valence-electron chi connectivity index (χ4n) is 4.26. The van der Waals surface area contributed by atoms with Gasteiger partial charge in [-0.15, -0.1) is 0 Å². The quantitative estimate of drug-likeness (QED) is 0.700.